The molecule has 2 N–H and O–H groups in total. The van der Waals surface area contributed by atoms with Crippen molar-refractivity contribution in [2.75, 3.05) is 6.61 Å². The molecule has 8 heavy (non-hydrogen) atoms. The van der Waals surface area contributed by atoms with Crippen LogP contribution in [0, 0.1) is 5.92 Å². The largest absolute Gasteiger partial charge is 0.375 e. The first-order valence-corrected chi connectivity index (χ1v) is 3.09. The Morgan fingerprint density at radius 3 is 2.25 bits per heavy atom. The molecule has 0 aromatic heterocycles. The molecule has 0 bridgehead atoms. The van der Waals surface area contributed by atoms with Crippen molar-refractivity contribution in [2.24, 2.45) is 11.7 Å². The molecular formula is C6H13NO. The molecule has 1 aliphatic rings. The highest BCUT2D eigenvalue weighted by molar-refractivity contribution is 4.83. The fraction of sp³-hybridized carbons (Fsp3) is 1.00. The molecule has 2 atom stereocenters. The molecule has 2 heteroatoms. The minimum absolute atomic E-state index is 0.301. The SMILES string of the molecule is CC(C)[C@H]1OC[C@H]1N. The van der Waals surface area contributed by atoms with E-state index in [0.717, 1.165) is 6.61 Å². The van der Waals surface area contributed by atoms with Gasteiger partial charge in [-0.2, -0.15) is 0 Å². The summed E-state index contributed by atoms with van der Waals surface area (Å²) < 4.78 is 5.18. The fourth-order valence-electron chi connectivity index (χ4n) is 1.01. The van der Waals surface area contributed by atoms with Crippen LogP contribution in [0.15, 0.2) is 0 Å². The Bertz CT molecular complexity index is 77.8. The van der Waals surface area contributed by atoms with Crippen LogP contribution >= 0.6 is 0 Å². The van der Waals surface area contributed by atoms with Crippen molar-refractivity contribution < 1.29 is 4.74 Å². The predicted octanol–water partition coefficient (Wildman–Crippen LogP) is 0.369. The highest BCUT2D eigenvalue weighted by Gasteiger charge is 2.30. The van der Waals surface area contributed by atoms with Gasteiger partial charge in [0.2, 0.25) is 0 Å². The van der Waals surface area contributed by atoms with Crippen molar-refractivity contribution in [3.05, 3.63) is 0 Å². The third-order valence-corrected chi connectivity index (χ3v) is 1.56. The second kappa shape index (κ2) is 2.03. The summed E-state index contributed by atoms with van der Waals surface area (Å²) in [6.45, 7) is 5.01. The van der Waals surface area contributed by atoms with Crippen LogP contribution < -0.4 is 5.73 Å². The number of rotatable bonds is 1. The Labute approximate surface area is 50.0 Å². The van der Waals surface area contributed by atoms with Gasteiger partial charge in [-0.25, -0.2) is 0 Å². The molecule has 0 aliphatic carbocycles. The Morgan fingerprint density at radius 2 is 2.25 bits per heavy atom. The van der Waals surface area contributed by atoms with Gasteiger partial charge >= 0.3 is 0 Å². The highest BCUT2D eigenvalue weighted by atomic mass is 16.5. The Morgan fingerprint density at radius 1 is 1.62 bits per heavy atom. The summed E-state index contributed by atoms with van der Waals surface area (Å²) in [5.74, 6) is 0.582. The summed E-state index contributed by atoms with van der Waals surface area (Å²) in [5.41, 5.74) is 5.60. The molecule has 0 radical (unpaired) electrons. The number of nitrogens with two attached hydrogens (primary N) is 1. The molecule has 0 aromatic rings. The molecule has 2 nitrogen and oxygen atoms in total. The second-order valence-electron chi connectivity index (χ2n) is 2.71. The van der Waals surface area contributed by atoms with Gasteiger partial charge in [-0.05, 0) is 5.92 Å². The van der Waals surface area contributed by atoms with E-state index in [1.807, 2.05) is 0 Å². The molecule has 0 saturated carbocycles. The van der Waals surface area contributed by atoms with E-state index in [9.17, 15) is 0 Å². The molecule has 1 saturated heterocycles. The number of hydrogen-bond acceptors (Lipinski definition) is 2. The standard InChI is InChI=1S/C6H13NO/c1-4(2)6-5(7)3-8-6/h4-6H,3,7H2,1-2H3/t5-,6-/m1/s1. The van der Waals surface area contributed by atoms with Crippen LogP contribution in [0.2, 0.25) is 0 Å². The minimum Gasteiger partial charge on any atom is -0.375 e. The van der Waals surface area contributed by atoms with Crippen molar-refractivity contribution in [2.45, 2.75) is 26.0 Å². The lowest BCUT2D eigenvalue weighted by Gasteiger charge is -2.36. The lowest BCUT2D eigenvalue weighted by atomic mass is 9.96. The zero-order valence-corrected chi connectivity index (χ0v) is 5.42. The normalized spacial score (nSPS) is 37.5. The van der Waals surface area contributed by atoms with E-state index in [2.05, 4.69) is 13.8 Å². The van der Waals surface area contributed by atoms with Gasteiger partial charge in [-0.1, -0.05) is 13.8 Å². The summed E-state index contributed by atoms with van der Waals surface area (Å²) in [4.78, 5) is 0. The lowest BCUT2D eigenvalue weighted by Crippen LogP contribution is -2.53. The van der Waals surface area contributed by atoms with Crippen molar-refractivity contribution in [3.63, 3.8) is 0 Å². The summed E-state index contributed by atoms with van der Waals surface area (Å²) >= 11 is 0. The number of hydrogen-bond donors (Lipinski definition) is 1. The van der Waals surface area contributed by atoms with E-state index in [1.54, 1.807) is 0 Å². The molecule has 1 heterocycles. The maximum Gasteiger partial charge on any atom is 0.0772 e. The third-order valence-electron chi connectivity index (χ3n) is 1.56. The maximum absolute atomic E-state index is 5.60. The van der Waals surface area contributed by atoms with Crippen LogP contribution in [0.3, 0.4) is 0 Å². The quantitative estimate of drug-likeness (QED) is 0.536. The van der Waals surface area contributed by atoms with E-state index >= 15 is 0 Å². The molecule has 0 aromatic carbocycles. The Balaban J connectivity index is 2.26. The van der Waals surface area contributed by atoms with Crippen LogP contribution in [0.1, 0.15) is 13.8 Å². The van der Waals surface area contributed by atoms with E-state index in [-0.39, 0.29) is 0 Å². The average molecular weight is 115 g/mol. The summed E-state index contributed by atoms with van der Waals surface area (Å²) in [5, 5.41) is 0. The first-order valence-electron chi connectivity index (χ1n) is 3.09. The van der Waals surface area contributed by atoms with Crippen LogP contribution in [-0.2, 0) is 4.74 Å². The van der Waals surface area contributed by atoms with Crippen LogP contribution in [0.4, 0.5) is 0 Å². The van der Waals surface area contributed by atoms with Crippen molar-refractivity contribution in [1.29, 1.82) is 0 Å². The van der Waals surface area contributed by atoms with Crippen LogP contribution in [-0.4, -0.2) is 18.8 Å². The lowest BCUT2D eigenvalue weighted by molar-refractivity contribution is -0.0969. The maximum atomic E-state index is 5.60. The fourth-order valence-corrected chi connectivity index (χ4v) is 1.01. The van der Waals surface area contributed by atoms with Crippen molar-refractivity contribution in [1.82, 2.24) is 0 Å². The highest BCUT2D eigenvalue weighted by Crippen LogP contribution is 2.17. The molecule has 0 amide bonds. The minimum atomic E-state index is 0.301. The molecule has 0 spiro atoms. The molecule has 1 aliphatic heterocycles. The van der Waals surface area contributed by atoms with E-state index in [0.29, 0.717) is 18.1 Å². The number of ether oxygens (including phenoxy) is 1. The first-order chi connectivity index (χ1) is 3.72. The first kappa shape index (κ1) is 6.05. The van der Waals surface area contributed by atoms with Crippen molar-refractivity contribution >= 4 is 0 Å². The molecular weight excluding hydrogens is 102 g/mol. The molecule has 0 unspecified atom stereocenters. The van der Waals surface area contributed by atoms with Crippen LogP contribution in [0.25, 0.3) is 0 Å². The van der Waals surface area contributed by atoms with Gasteiger partial charge in [0.05, 0.1) is 18.8 Å². The monoisotopic (exact) mass is 115 g/mol. The van der Waals surface area contributed by atoms with Crippen LogP contribution in [0.5, 0.6) is 0 Å². The summed E-state index contributed by atoms with van der Waals surface area (Å²) in [6.07, 6.45) is 0.329. The Hall–Kier alpha value is -0.0800. The third kappa shape index (κ3) is 0.858. The van der Waals surface area contributed by atoms with Gasteiger partial charge in [0.1, 0.15) is 0 Å². The summed E-state index contributed by atoms with van der Waals surface area (Å²) in [6, 6.07) is 0.301. The molecule has 48 valence electrons. The predicted molar refractivity (Wildman–Crippen MR) is 32.6 cm³/mol. The Kier molecular flexibility index (Phi) is 1.54. The second-order valence-corrected chi connectivity index (χ2v) is 2.71. The summed E-state index contributed by atoms with van der Waals surface area (Å²) in [7, 11) is 0. The van der Waals surface area contributed by atoms with Gasteiger partial charge in [0.15, 0.2) is 0 Å². The topological polar surface area (TPSA) is 35.2 Å². The van der Waals surface area contributed by atoms with Crippen molar-refractivity contribution in [3.8, 4) is 0 Å². The zero-order chi connectivity index (χ0) is 6.15. The van der Waals surface area contributed by atoms with E-state index < -0.39 is 0 Å². The van der Waals surface area contributed by atoms with Gasteiger partial charge in [-0.15, -0.1) is 0 Å². The zero-order valence-electron chi connectivity index (χ0n) is 5.42. The van der Waals surface area contributed by atoms with E-state index in [1.165, 1.54) is 0 Å². The van der Waals surface area contributed by atoms with Gasteiger partial charge in [-0.3, -0.25) is 0 Å². The molecule has 1 rings (SSSR count). The van der Waals surface area contributed by atoms with Gasteiger partial charge < -0.3 is 10.5 Å². The average Bonchev–Trinajstić information content (AvgIpc) is 1.61. The molecule has 1 fully saturated rings. The van der Waals surface area contributed by atoms with E-state index in [4.69, 9.17) is 10.5 Å². The smallest absolute Gasteiger partial charge is 0.0772 e. The van der Waals surface area contributed by atoms with Gasteiger partial charge in [0, 0.05) is 0 Å². The van der Waals surface area contributed by atoms with Gasteiger partial charge in [0.25, 0.3) is 0 Å².